The van der Waals surface area contributed by atoms with E-state index >= 15 is 0 Å². The van der Waals surface area contributed by atoms with Gasteiger partial charge in [0.2, 0.25) is 5.79 Å². The van der Waals surface area contributed by atoms with Gasteiger partial charge in [0.15, 0.2) is 0 Å². The van der Waals surface area contributed by atoms with Crippen LogP contribution in [0.15, 0.2) is 78.0 Å². The summed E-state index contributed by atoms with van der Waals surface area (Å²) in [5.74, 6) is -0.103. The van der Waals surface area contributed by atoms with E-state index in [-0.39, 0.29) is 49.6 Å². The zero-order valence-electron chi connectivity index (χ0n) is 35.3. The predicted octanol–water partition coefficient (Wildman–Crippen LogP) is 8.11. The lowest BCUT2D eigenvalue weighted by Gasteiger charge is -2.60. The molecule has 0 spiro atoms. The maximum atomic E-state index is 14.4. The number of rotatable bonds is 22. The number of carbonyl (C=O) groups excluding carboxylic acids is 1. The summed E-state index contributed by atoms with van der Waals surface area (Å²) in [6.45, 7) is 17.4. The second-order valence-corrected chi connectivity index (χ2v) is 17.5. The maximum absolute atomic E-state index is 14.4. The van der Waals surface area contributed by atoms with Crippen LogP contribution in [0.2, 0.25) is 0 Å². The van der Waals surface area contributed by atoms with Crippen molar-refractivity contribution in [1.82, 2.24) is 9.80 Å². The van der Waals surface area contributed by atoms with Crippen LogP contribution >= 0.6 is 0 Å². The number of aliphatic hydroxyl groups is 2. The molecule has 0 unspecified atom stereocenters. The molecule has 2 N–H and O–H groups in total. The van der Waals surface area contributed by atoms with Crippen molar-refractivity contribution >= 4 is 11.8 Å². The van der Waals surface area contributed by atoms with E-state index in [4.69, 9.17) is 28.9 Å². The molecular formula is C47H67N3O8. The molecule has 1 amide bonds. The Balaban J connectivity index is 1.54. The van der Waals surface area contributed by atoms with Gasteiger partial charge in [0.25, 0.3) is 0 Å². The van der Waals surface area contributed by atoms with E-state index in [0.29, 0.717) is 51.2 Å². The topological polar surface area (TPSA) is 122 Å². The average Bonchev–Trinajstić information content (AvgIpc) is 4.05. The minimum Gasteiger partial charge on any atom is -0.492 e. The molecule has 318 valence electrons. The molecule has 0 bridgehead atoms. The molecule has 2 aliphatic carbocycles. The second kappa shape index (κ2) is 20.4. The summed E-state index contributed by atoms with van der Waals surface area (Å²) < 4.78 is 26.9. The lowest BCUT2D eigenvalue weighted by molar-refractivity contribution is -0.255. The Hall–Kier alpha value is -3.90. The summed E-state index contributed by atoms with van der Waals surface area (Å²) in [7, 11) is 0. The Morgan fingerprint density at radius 3 is 2.52 bits per heavy atom. The highest BCUT2D eigenvalue weighted by Gasteiger charge is 2.65. The number of carbonyl (C=O) groups is 1. The van der Waals surface area contributed by atoms with Gasteiger partial charge in [-0.2, -0.15) is 0 Å². The number of aliphatic hydroxyl groups excluding tert-OH is 2. The largest absolute Gasteiger partial charge is 0.492 e. The number of amides is 1. The van der Waals surface area contributed by atoms with Gasteiger partial charge in [0, 0.05) is 57.3 Å². The molecule has 2 heterocycles. The Bertz CT molecular complexity index is 1700. The van der Waals surface area contributed by atoms with Crippen LogP contribution in [0.4, 0.5) is 4.79 Å². The van der Waals surface area contributed by atoms with Crippen LogP contribution in [0.3, 0.4) is 0 Å². The first kappa shape index (κ1) is 43.7. The van der Waals surface area contributed by atoms with E-state index in [9.17, 15) is 15.0 Å². The number of allylic oxidation sites excluding steroid dienone is 1. The van der Waals surface area contributed by atoms with Crippen LogP contribution in [0.25, 0.3) is 0 Å². The summed E-state index contributed by atoms with van der Waals surface area (Å²) in [4.78, 5) is 24.8. The molecule has 6 rings (SSSR count). The summed E-state index contributed by atoms with van der Waals surface area (Å²) in [6.07, 6.45) is 9.56. The van der Waals surface area contributed by atoms with Crippen molar-refractivity contribution in [3.63, 3.8) is 0 Å². The van der Waals surface area contributed by atoms with Gasteiger partial charge in [-0.3, -0.25) is 9.80 Å². The molecule has 2 aromatic carbocycles. The molecule has 11 heteroatoms. The van der Waals surface area contributed by atoms with E-state index in [2.05, 4.69) is 51.3 Å². The van der Waals surface area contributed by atoms with Crippen molar-refractivity contribution in [3.8, 4) is 11.5 Å². The van der Waals surface area contributed by atoms with Crippen molar-refractivity contribution in [1.29, 1.82) is 0 Å². The van der Waals surface area contributed by atoms with Gasteiger partial charge in [-0.25, -0.2) is 4.79 Å². The number of nitrogens with zero attached hydrogens (tertiary/aromatic N) is 3. The molecule has 2 fully saturated rings. The van der Waals surface area contributed by atoms with Gasteiger partial charge >= 0.3 is 6.09 Å². The van der Waals surface area contributed by atoms with E-state index in [0.717, 1.165) is 73.5 Å². The molecule has 0 aromatic heterocycles. The highest BCUT2D eigenvalue weighted by Crippen LogP contribution is 2.62. The van der Waals surface area contributed by atoms with Crippen LogP contribution in [0.5, 0.6) is 11.5 Å². The van der Waals surface area contributed by atoms with Crippen molar-refractivity contribution in [2.24, 2.45) is 28.3 Å². The van der Waals surface area contributed by atoms with E-state index < -0.39 is 23.8 Å². The minimum atomic E-state index is -1.33. The summed E-state index contributed by atoms with van der Waals surface area (Å²) in [5, 5.41) is 24.8. The van der Waals surface area contributed by atoms with Crippen LogP contribution in [-0.2, 0) is 20.9 Å². The van der Waals surface area contributed by atoms with Gasteiger partial charge in [-0.15, -0.1) is 6.58 Å². The number of unbranched alkanes of at least 4 members (excludes halogenated alkanes) is 2. The first-order chi connectivity index (χ1) is 28.1. The highest BCUT2D eigenvalue weighted by atomic mass is 16.7. The maximum Gasteiger partial charge on any atom is 0.410 e. The Morgan fingerprint density at radius 2 is 1.83 bits per heavy atom. The quantitative estimate of drug-likeness (QED) is 0.0527. The zero-order valence-corrected chi connectivity index (χ0v) is 35.3. The SMILES string of the molecule is C=CCO[C@@]12Oc3ccc(OCCN4CC4)cc3[C@H]3[C@H](CCCCO)[C@@H](CCCCO)C=C(C(=NOCc4ccccc4)C[C@@H]1N(CCC)C(=O)OCC(C)(C)C)[C@H]32. The van der Waals surface area contributed by atoms with Crippen molar-refractivity contribution in [3.05, 3.63) is 84.0 Å². The lowest BCUT2D eigenvalue weighted by Crippen LogP contribution is -2.70. The summed E-state index contributed by atoms with van der Waals surface area (Å²) in [6, 6.07) is 15.5. The van der Waals surface area contributed by atoms with Gasteiger partial charge in [-0.1, -0.05) is 88.2 Å². The highest BCUT2D eigenvalue weighted by molar-refractivity contribution is 6.03. The van der Waals surface area contributed by atoms with Crippen LogP contribution < -0.4 is 9.47 Å². The Morgan fingerprint density at radius 1 is 1.07 bits per heavy atom. The van der Waals surface area contributed by atoms with Crippen LogP contribution in [-0.4, -0.2) is 103 Å². The summed E-state index contributed by atoms with van der Waals surface area (Å²) >= 11 is 0. The molecule has 2 aliphatic heterocycles. The number of hydrogen-bond donors (Lipinski definition) is 2. The number of oxime groups is 1. The molecule has 11 nitrogen and oxygen atoms in total. The fourth-order valence-electron chi connectivity index (χ4n) is 9.06. The predicted molar refractivity (Wildman–Crippen MR) is 226 cm³/mol. The molecular weight excluding hydrogens is 735 g/mol. The number of benzene rings is 2. The van der Waals surface area contributed by atoms with Gasteiger partial charge < -0.3 is 34.0 Å². The summed E-state index contributed by atoms with van der Waals surface area (Å²) in [5.41, 5.74) is 3.58. The third-order valence-electron chi connectivity index (χ3n) is 11.8. The third kappa shape index (κ3) is 10.6. The van der Waals surface area contributed by atoms with Gasteiger partial charge in [0.1, 0.15) is 30.8 Å². The van der Waals surface area contributed by atoms with Gasteiger partial charge in [0.05, 0.1) is 24.8 Å². The minimum absolute atomic E-state index is 0.123. The first-order valence-corrected chi connectivity index (χ1v) is 21.6. The zero-order chi connectivity index (χ0) is 41.1. The number of hydrogen-bond acceptors (Lipinski definition) is 10. The second-order valence-electron chi connectivity index (χ2n) is 17.5. The molecule has 0 radical (unpaired) electrons. The molecule has 6 atom stereocenters. The molecule has 2 aromatic rings. The van der Waals surface area contributed by atoms with Crippen LogP contribution in [0, 0.1) is 23.2 Å². The molecule has 58 heavy (non-hydrogen) atoms. The van der Waals surface area contributed by atoms with Crippen LogP contribution in [0.1, 0.15) is 96.1 Å². The monoisotopic (exact) mass is 801 g/mol. The Kier molecular flexibility index (Phi) is 15.3. The molecule has 1 saturated heterocycles. The fraction of sp³-hybridized carbons (Fsp3) is 0.617. The Labute approximate surface area is 346 Å². The standard InChI is InChI=1S/C47H67N3O8/c1-6-21-50(45(53)55-33-46(3,4)5)42-31-40(48-57-32-34-15-9-8-10-16-34)38-29-35(17-11-13-25-51)37(18-12-14-26-52)43-39-30-36(54-28-24-49-22-23-49)19-20-41(39)58-47(42,44(38)43)56-27-7-2/h7-10,15-16,19-20,29-30,35,37,42-44,51-52H,2,6,11-14,17-18,21-28,31-33H2,1,3-5H3/t35-,37+,42-,43+,44+,47+/m0/s1. The lowest BCUT2D eigenvalue weighted by atomic mass is 9.55. The van der Waals surface area contributed by atoms with Crippen molar-refractivity contribution < 1.29 is 38.8 Å². The number of ether oxygens (including phenoxy) is 4. The average molecular weight is 802 g/mol. The number of fused-ring (bicyclic) bond motifs is 2. The fourth-order valence-corrected chi connectivity index (χ4v) is 9.06. The molecule has 4 aliphatic rings. The smallest absolute Gasteiger partial charge is 0.410 e. The van der Waals surface area contributed by atoms with Crippen molar-refractivity contribution in [2.75, 3.05) is 59.2 Å². The van der Waals surface area contributed by atoms with E-state index in [1.165, 1.54) is 0 Å². The van der Waals surface area contributed by atoms with Gasteiger partial charge in [-0.05, 0) is 78.7 Å². The third-order valence-corrected chi connectivity index (χ3v) is 11.8. The normalized spacial score (nSPS) is 25.5. The first-order valence-electron chi connectivity index (χ1n) is 21.6. The van der Waals surface area contributed by atoms with E-state index in [1.807, 2.05) is 42.5 Å². The van der Waals surface area contributed by atoms with E-state index in [1.54, 1.807) is 11.0 Å². The molecule has 1 saturated carbocycles. The van der Waals surface area contributed by atoms with Crippen molar-refractivity contribution in [2.45, 2.75) is 103 Å².